The molecule has 3 rings (SSSR count). The number of nitrogens with zero attached hydrogens (tertiary/aromatic N) is 1. The van der Waals surface area contributed by atoms with Gasteiger partial charge in [0.1, 0.15) is 0 Å². The molecular weight excluding hydrogens is 390 g/mol. The highest BCUT2D eigenvalue weighted by molar-refractivity contribution is 5.90. The van der Waals surface area contributed by atoms with Gasteiger partial charge in [0.2, 0.25) is 5.91 Å². The van der Waals surface area contributed by atoms with Gasteiger partial charge in [-0.2, -0.15) is 0 Å². The lowest BCUT2D eigenvalue weighted by molar-refractivity contribution is -0.122. The van der Waals surface area contributed by atoms with Crippen LogP contribution in [0.4, 0.5) is 10.5 Å². The van der Waals surface area contributed by atoms with Gasteiger partial charge in [-0.1, -0.05) is 78.9 Å². The van der Waals surface area contributed by atoms with Gasteiger partial charge >= 0.3 is 6.03 Å². The Balaban J connectivity index is 1.70. The van der Waals surface area contributed by atoms with Gasteiger partial charge in [-0.05, 0) is 23.3 Å². The number of benzene rings is 3. The fourth-order valence-corrected chi connectivity index (χ4v) is 3.22. The van der Waals surface area contributed by atoms with E-state index in [4.69, 9.17) is 0 Å². The molecule has 0 aromatic heterocycles. The van der Waals surface area contributed by atoms with Crippen molar-refractivity contribution < 1.29 is 14.7 Å². The van der Waals surface area contributed by atoms with Crippen molar-refractivity contribution in [2.75, 3.05) is 11.9 Å². The number of carbonyl (C=O) groups excluding carboxylic acids is 2. The summed E-state index contributed by atoms with van der Waals surface area (Å²) < 4.78 is 0. The standard InChI is InChI=1S/C25H27N3O3/c29-19-23(16-24(30)26-17-20-10-4-1-5-11-20)28(18-21-12-6-2-7-13-21)25(31)27-22-14-8-3-9-15-22/h1-15,23,29H,16-19H2,(H,26,30)(H,27,31). The molecule has 6 heteroatoms. The lowest BCUT2D eigenvalue weighted by Crippen LogP contribution is -2.46. The van der Waals surface area contributed by atoms with Gasteiger partial charge in [0.05, 0.1) is 12.6 Å². The molecule has 0 aliphatic heterocycles. The molecule has 0 spiro atoms. The van der Waals surface area contributed by atoms with E-state index in [1.807, 2.05) is 78.9 Å². The van der Waals surface area contributed by atoms with Crippen LogP contribution in [0.1, 0.15) is 17.5 Å². The molecular formula is C25H27N3O3. The van der Waals surface area contributed by atoms with Crippen LogP contribution in [0, 0.1) is 0 Å². The molecule has 3 aromatic carbocycles. The average molecular weight is 418 g/mol. The highest BCUT2D eigenvalue weighted by Crippen LogP contribution is 2.15. The molecule has 3 N–H and O–H groups in total. The summed E-state index contributed by atoms with van der Waals surface area (Å²) in [5.74, 6) is -0.228. The van der Waals surface area contributed by atoms with Gasteiger partial charge in [0, 0.05) is 25.2 Å². The van der Waals surface area contributed by atoms with Gasteiger partial charge in [0.15, 0.2) is 0 Å². The Labute approximate surface area is 182 Å². The third-order valence-corrected chi connectivity index (χ3v) is 4.89. The number of anilines is 1. The molecule has 3 aromatic rings. The van der Waals surface area contributed by atoms with Crippen LogP contribution >= 0.6 is 0 Å². The van der Waals surface area contributed by atoms with Crippen molar-refractivity contribution in [3.8, 4) is 0 Å². The van der Waals surface area contributed by atoms with E-state index in [9.17, 15) is 14.7 Å². The second kappa shape index (κ2) is 11.5. The highest BCUT2D eigenvalue weighted by Gasteiger charge is 2.26. The van der Waals surface area contributed by atoms with Gasteiger partial charge in [-0.25, -0.2) is 4.79 Å². The van der Waals surface area contributed by atoms with Crippen LogP contribution < -0.4 is 10.6 Å². The SMILES string of the molecule is O=C(CC(CO)N(Cc1ccccc1)C(=O)Nc1ccccc1)NCc1ccccc1. The zero-order valence-corrected chi connectivity index (χ0v) is 17.3. The maximum absolute atomic E-state index is 13.1. The van der Waals surface area contributed by atoms with E-state index >= 15 is 0 Å². The number of aliphatic hydroxyl groups excluding tert-OH is 1. The number of para-hydroxylation sites is 1. The topological polar surface area (TPSA) is 81.7 Å². The van der Waals surface area contributed by atoms with Crippen molar-refractivity contribution in [1.29, 1.82) is 0 Å². The van der Waals surface area contributed by atoms with Gasteiger partial charge in [-0.15, -0.1) is 0 Å². The van der Waals surface area contributed by atoms with Crippen LogP contribution in [0.25, 0.3) is 0 Å². The van der Waals surface area contributed by atoms with Crippen molar-refractivity contribution in [3.63, 3.8) is 0 Å². The monoisotopic (exact) mass is 417 g/mol. The van der Waals surface area contributed by atoms with Gasteiger partial charge < -0.3 is 20.6 Å². The fourth-order valence-electron chi connectivity index (χ4n) is 3.22. The van der Waals surface area contributed by atoms with E-state index in [2.05, 4.69) is 10.6 Å². The molecule has 6 nitrogen and oxygen atoms in total. The molecule has 0 radical (unpaired) electrons. The van der Waals surface area contributed by atoms with Gasteiger partial charge in [0.25, 0.3) is 0 Å². The van der Waals surface area contributed by atoms with E-state index in [0.717, 1.165) is 11.1 Å². The minimum absolute atomic E-state index is 0.00161. The summed E-state index contributed by atoms with van der Waals surface area (Å²) in [6.45, 7) is 0.344. The second-order valence-electron chi connectivity index (χ2n) is 7.21. The third kappa shape index (κ3) is 6.97. The smallest absolute Gasteiger partial charge is 0.322 e. The van der Waals surface area contributed by atoms with Crippen molar-refractivity contribution in [2.24, 2.45) is 0 Å². The van der Waals surface area contributed by atoms with Crippen LogP contribution in [0.2, 0.25) is 0 Å². The highest BCUT2D eigenvalue weighted by atomic mass is 16.3. The minimum atomic E-state index is -0.667. The first-order valence-corrected chi connectivity index (χ1v) is 10.2. The lowest BCUT2D eigenvalue weighted by atomic mass is 10.1. The Hall–Kier alpha value is -3.64. The summed E-state index contributed by atoms with van der Waals surface area (Å²) in [6, 6.07) is 27.2. The number of aliphatic hydroxyl groups is 1. The summed E-state index contributed by atoms with van der Waals surface area (Å²) in [5.41, 5.74) is 2.55. The maximum Gasteiger partial charge on any atom is 0.322 e. The Morgan fingerprint density at radius 3 is 1.94 bits per heavy atom. The zero-order valence-electron chi connectivity index (χ0n) is 17.3. The Morgan fingerprint density at radius 1 is 0.806 bits per heavy atom. The minimum Gasteiger partial charge on any atom is -0.394 e. The van der Waals surface area contributed by atoms with Crippen LogP contribution in [-0.4, -0.2) is 34.6 Å². The molecule has 1 unspecified atom stereocenters. The summed E-state index contributed by atoms with van der Waals surface area (Å²) in [6.07, 6.45) is -0.00161. The molecule has 31 heavy (non-hydrogen) atoms. The summed E-state index contributed by atoms with van der Waals surface area (Å²) in [4.78, 5) is 27.1. The molecule has 1 atom stereocenters. The number of hydrogen-bond acceptors (Lipinski definition) is 3. The van der Waals surface area contributed by atoms with Crippen LogP contribution in [-0.2, 0) is 17.9 Å². The molecule has 3 amide bonds. The molecule has 0 saturated heterocycles. The first-order chi connectivity index (χ1) is 15.2. The summed E-state index contributed by atoms with van der Waals surface area (Å²) >= 11 is 0. The molecule has 0 heterocycles. The average Bonchev–Trinajstić information content (AvgIpc) is 2.82. The molecule has 0 bridgehead atoms. The molecule has 160 valence electrons. The first kappa shape index (κ1) is 22.1. The van der Waals surface area contributed by atoms with E-state index in [-0.39, 0.29) is 31.5 Å². The predicted octanol–water partition coefficient (Wildman–Crippen LogP) is 3.79. The number of rotatable bonds is 9. The Kier molecular flexibility index (Phi) is 8.20. The van der Waals surface area contributed by atoms with E-state index in [1.165, 1.54) is 4.90 Å². The van der Waals surface area contributed by atoms with E-state index < -0.39 is 6.04 Å². The number of hydrogen-bond donors (Lipinski definition) is 3. The number of amides is 3. The normalized spacial score (nSPS) is 11.4. The van der Waals surface area contributed by atoms with Gasteiger partial charge in [-0.3, -0.25) is 4.79 Å². The molecule has 0 aliphatic rings. The predicted molar refractivity (Wildman–Crippen MR) is 121 cm³/mol. The third-order valence-electron chi connectivity index (χ3n) is 4.89. The van der Waals surface area contributed by atoms with Crippen molar-refractivity contribution >= 4 is 17.6 Å². The van der Waals surface area contributed by atoms with Crippen molar-refractivity contribution in [3.05, 3.63) is 102 Å². The molecule has 0 saturated carbocycles. The number of urea groups is 1. The molecule has 0 aliphatic carbocycles. The quantitative estimate of drug-likeness (QED) is 0.495. The zero-order chi connectivity index (χ0) is 21.9. The Morgan fingerprint density at radius 2 is 1.35 bits per heavy atom. The number of carbonyl (C=O) groups is 2. The summed E-state index contributed by atoms with van der Waals surface area (Å²) in [7, 11) is 0. The first-order valence-electron chi connectivity index (χ1n) is 10.2. The van der Waals surface area contributed by atoms with E-state index in [0.29, 0.717) is 12.2 Å². The Bertz CT molecular complexity index is 950. The van der Waals surface area contributed by atoms with Crippen molar-refractivity contribution in [2.45, 2.75) is 25.6 Å². The van der Waals surface area contributed by atoms with Crippen LogP contribution in [0.3, 0.4) is 0 Å². The lowest BCUT2D eigenvalue weighted by Gasteiger charge is -2.30. The van der Waals surface area contributed by atoms with Crippen LogP contribution in [0.5, 0.6) is 0 Å². The fraction of sp³-hybridized carbons (Fsp3) is 0.200. The molecule has 0 fully saturated rings. The second-order valence-corrected chi connectivity index (χ2v) is 7.21. The maximum atomic E-state index is 13.1. The van der Waals surface area contributed by atoms with E-state index in [1.54, 1.807) is 12.1 Å². The summed E-state index contributed by atoms with van der Waals surface area (Å²) in [5, 5.41) is 15.7. The largest absolute Gasteiger partial charge is 0.394 e. The number of nitrogens with one attached hydrogen (secondary N) is 2. The van der Waals surface area contributed by atoms with Crippen molar-refractivity contribution in [1.82, 2.24) is 10.2 Å². The van der Waals surface area contributed by atoms with Crippen LogP contribution in [0.15, 0.2) is 91.0 Å².